The third-order valence-corrected chi connectivity index (χ3v) is 4.86. The maximum Gasteiger partial charge on any atom is 0.142 e. The summed E-state index contributed by atoms with van der Waals surface area (Å²) < 4.78 is 13.6. The lowest BCUT2D eigenvalue weighted by Crippen LogP contribution is -2.04. The highest BCUT2D eigenvalue weighted by Gasteiger charge is 2.15. The minimum Gasteiger partial charge on any atom is -0.206 e. The van der Waals surface area contributed by atoms with Gasteiger partial charge in [-0.1, -0.05) is 55.5 Å². The van der Waals surface area contributed by atoms with Crippen LogP contribution in [0.2, 0.25) is 0 Å². The number of hydrogen-bond acceptors (Lipinski definition) is 1. The Bertz CT molecular complexity index is 904. The minimum absolute atomic E-state index is 0.0558. The van der Waals surface area contributed by atoms with Gasteiger partial charge >= 0.3 is 0 Å². The Balaban J connectivity index is 1.65. The fraction of sp³-hybridized carbons (Fsp3) is 0.292. The van der Waals surface area contributed by atoms with Crippen molar-refractivity contribution in [3.63, 3.8) is 0 Å². The third-order valence-electron chi connectivity index (χ3n) is 4.86. The van der Waals surface area contributed by atoms with Gasteiger partial charge in [-0.2, -0.15) is 5.26 Å². The summed E-state index contributed by atoms with van der Waals surface area (Å²) >= 11 is 0. The number of allylic oxidation sites excluding steroid dienone is 2. The first-order valence-corrected chi connectivity index (χ1v) is 9.19. The van der Waals surface area contributed by atoms with Gasteiger partial charge in [0.25, 0.3) is 0 Å². The second-order valence-corrected chi connectivity index (χ2v) is 6.75. The molecule has 0 saturated heterocycles. The van der Waals surface area contributed by atoms with Crippen LogP contribution >= 0.6 is 0 Å². The predicted molar refractivity (Wildman–Crippen MR) is 103 cm³/mol. The van der Waals surface area contributed by atoms with Crippen molar-refractivity contribution in [1.29, 1.82) is 5.26 Å². The first-order chi connectivity index (χ1) is 12.7. The lowest BCUT2D eigenvalue weighted by molar-refractivity contribution is 0.607. The second kappa shape index (κ2) is 8.50. The number of hydrogen-bond donors (Lipinski definition) is 0. The summed E-state index contributed by atoms with van der Waals surface area (Å²) in [7, 11) is 0. The van der Waals surface area contributed by atoms with Crippen LogP contribution in [0.25, 0.3) is 0 Å². The minimum atomic E-state index is -0.511. The normalized spacial score (nSPS) is 16.2. The highest BCUT2D eigenvalue weighted by Crippen LogP contribution is 2.32. The zero-order valence-electron chi connectivity index (χ0n) is 15.1. The van der Waals surface area contributed by atoms with Gasteiger partial charge in [0.2, 0.25) is 0 Å². The molecule has 0 radical (unpaired) electrons. The number of rotatable bonds is 3. The standard InChI is InChI=1S/C24H22FN/c1-2-3-18-6-11-21(12-7-18)22-13-8-19(9-14-22)4-5-20-10-15-23(17-26)24(25)16-20/h6-8,10-12,15-16,22H,2-3,9,13-14H2,1H3. The van der Waals surface area contributed by atoms with Crippen molar-refractivity contribution in [2.45, 2.75) is 44.9 Å². The average molecular weight is 343 g/mol. The van der Waals surface area contributed by atoms with Gasteiger partial charge in [0.05, 0.1) is 5.56 Å². The van der Waals surface area contributed by atoms with Gasteiger partial charge in [-0.25, -0.2) is 4.39 Å². The molecule has 2 aromatic rings. The monoisotopic (exact) mass is 343 g/mol. The molecule has 26 heavy (non-hydrogen) atoms. The van der Waals surface area contributed by atoms with E-state index in [0.717, 1.165) is 31.3 Å². The molecular weight excluding hydrogens is 321 g/mol. The zero-order valence-corrected chi connectivity index (χ0v) is 15.1. The van der Waals surface area contributed by atoms with Crippen LogP contribution in [-0.2, 0) is 6.42 Å². The lowest BCUT2D eigenvalue weighted by atomic mass is 9.84. The van der Waals surface area contributed by atoms with Gasteiger partial charge in [0.15, 0.2) is 0 Å². The van der Waals surface area contributed by atoms with Crippen LogP contribution in [0.4, 0.5) is 4.39 Å². The van der Waals surface area contributed by atoms with Crippen LogP contribution in [0.15, 0.2) is 54.1 Å². The van der Waals surface area contributed by atoms with Crippen molar-refractivity contribution in [2.24, 2.45) is 0 Å². The maximum atomic E-state index is 13.6. The molecule has 0 N–H and O–H groups in total. The third kappa shape index (κ3) is 4.41. The molecule has 0 fully saturated rings. The van der Waals surface area contributed by atoms with Crippen LogP contribution in [0.3, 0.4) is 0 Å². The summed E-state index contributed by atoms with van der Waals surface area (Å²) in [5, 5.41) is 8.77. The van der Waals surface area contributed by atoms with Crippen LogP contribution in [0.1, 0.15) is 60.8 Å². The Morgan fingerprint density at radius 1 is 1.12 bits per heavy atom. The Hall–Kier alpha value is -2.84. The molecule has 3 rings (SSSR count). The second-order valence-electron chi connectivity index (χ2n) is 6.75. The number of benzene rings is 2. The van der Waals surface area contributed by atoms with E-state index in [9.17, 15) is 4.39 Å². The fourth-order valence-corrected chi connectivity index (χ4v) is 3.33. The van der Waals surface area contributed by atoms with E-state index in [1.807, 2.05) is 6.07 Å². The molecule has 0 aromatic heterocycles. The first kappa shape index (κ1) is 18.0. The van der Waals surface area contributed by atoms with Crippen molar-refractivity contribution in [3.8, 4) is 17.9 Å². The molecule has 0 aliphatic heterocycles. The molecule has 1 nitrogen and oxygen atoms in total. The summed E-state index contributed by atoms with van der Waals surface area (Å²) in [5.41, 5.74) is 4.59. The quantitative estimate of drug-likeness (QED) is 0.637. The molecule has 0 saturated carbocycles. The summed E-state index contributed by atoms with van der Waals surface area (Å²) in [4.78, 5) is 0. The van der Waals surface area contributed by atoms with Crippen LogP contribution in [0, 0.1) is 29.0 Å². The molecule has 1 unspecified atom stereocenters. The number of aryl methyl sites for hydroxylation is 1. The highest BCUT2D eigenvalue weighted by molar-refractivity contribution is 5.45. The Kier molecular flexibility index (Phi) is 5.88. The molecule has 1 aliphatic rings. The Morgan fingerprint density at radius 3 is 2.54 bits per heavy atom. The highest BCUT2D eigenvalue weighted by atomic mass is 19.1. The largest absolute Gasteiger partial charge is 0.206 e. The summed E-state index contributed by atoms with van der Waals surface area (Å²) in [5.74, 6) is 6.23. The SMILES string of the molecule is CCCc1ccc(C2CC=C(C#Cc3ccc(C#N)c(F)c3)CC2)cc1. The predicted octanol–water partition coefficient (Wildman–Crippen LogP) is 5.90. The van der Waals surface area contributed by atoms with E-state index in [0.29, 0.717) is 11.5 Å². The smallest absolute Gasteiger partial charge is 0.142 e. The van der Waals surface area contributed by atoms with Crippen LogP contribution in [-0.4, -0.2) is 0 Å². The Labute approximate surface area is 155 Å². The molecule has 1 aliphatic carbocycles. The van der Waals surface area contributed by atoms with E-state index >= 15 is 0 Å². The topological polar surface area (TPSA) is 23.8 Å². The average Bonchev–Trinajstić information content (AvgIpc) is 2.68. The van der Waals surface area contributed by atoms with Gasteiger partial charge in [0, 0.05) is 5.56 Å². The Morgan fingerprint density at radius 2 is 1.92 bits per heavy atom. The van der Waals surface area contributed by atoms with Crippen molar-refractivity contribution < 1.29 is 4.39 Å². The summed E-state index contributed by atoms with van der Waals surface area (Å²) in [6.07, 6.45) is 7.57. The number of halogens is 1. The number of nitrogens with zero attached hydrogens (tertiary/aromatic N) is 1. The van der Waals surface area contributed by atoms with Crippen LogP contribution < -0.4 is 0 Å². The van der Waals surface area contributed by atoms with Crippen molar-refractivity contribution in [1.82, 2.24) is 0 Å². The van der Waals surface area contributed by atoms with E-state index in [-0.39, 0.29) is 5.56 Å². The molecule has 130 valence electrons. The van der Waals surface area contributed by atoms with Gasteiger partial charge < -0.3 is 0 Å². The van der Waals surface area contributed by atoms with E-state index in [1.165, 1.54) is 29.7 Å². The molecular formula is C24H22FN. The lowest BCUT2D eigenvalue weighted by Gasteiger charge is -2.20. The molecule has 1 atom stereocenters. The van der Waals surface area contributed by atoms with E-state index < -0.39 is 5.82 Å². The molecule has 2 aromatic carbocycles. The fourth-order valence-electron chi connectivity index (χ4n) is 3.33. The zero-order chi connectivity index (χ0) is 18.4. The summed E-state index contributed by atoms with van der Waals surface area (Å²) in [6, 6.07) is 15.3. The van der Waals surface area contributed by atoms with Crippen molar-refractivity contribution in [3.05, 3.63) is 82.2 Å². The summed E-state index contributed by atoms with van der Waals surface area (Å²) in [6.45, 7) is 2.20. The van der Waals surface area contributed by atoms with Gasteiger partial charge in [0.1, 0.15) is 11.9 Å². The number of nitriles is 1. The van der Waals surface area contributed by atoms with E-state index in [4.69, 9.17) is 5.26 Å². The molecule has 2 heteroatoms. The maximum absolute atomic E-state index is 13.6. The van der Waals surface area contributed by atoms with Gasteiger partial charge in [-0.05, 0) is 66.5 Å². The molecule has 0 spiro atoms. The van der Waals surface area contributed by atoms with E-state index in [2.05, 4.69) is 49.1 Å². The van der Waals surface area contributed by atoms with E-state index in [1.54, 1.807) is 6.07 Å². The van der Waals surface area contributed by atoms with Gasteiger partial charge in [-0.3, -0.25) is 0 Å². The van der Waals surface area contributed by atoms with Crippen molar-refractivity contribution >= 4 is 0 Å². The molecule has 0 heterocycles. The molecule has 0 bridgehead atoms. The van der Waals surface area contributed by atoms with Crippen LogP contribution in [0.5, 0.6) is 0 Å². The van der Waals surface area contributed by atoms with Gasteiger partial charge in [-0.15, -0.1) is 0 Å². The first-order valence-electron chi connectivity index (χ1n) is 9.19. The van der Waals surface area contributed by atoms with Crippen molar-refractivity contribution in [2.75, 3.05) is 0 Å². The molecule has 0 amide bonds.